The number of methoxy groups -OCH3 is 1. The molecule has 0 spiro atoms. The van der Waals surface area contributed by atoms with E-state index in [2.05, 4.69) is 24.5 Å². The van der Waals surface area contributed by atoms with Crippen molar-refractivity contribution in [1.29, 1.82) is 0 Å². The summed E-state index contributed by atoms with van der Waals surface area (Å²) in [7, 11) is 1.64. The van der Waals surface area contributed by atoms with Gasteiger partial charge in [0.05, 0.1) is 5.69 Å². The Morgan fingerprint density at radius 1 is 0.857 bits per heavy atom. The second kappa shape index (κ2) is 21.7. The molecule has 0 unspecified atom stereocenters. The number of unbranched alkanes of at least 4 members (excludes halogenated alkanes) is 4. The van der Waals surface area contributed by atoms with Crippen LogP contribution >= 0.6 is 11.8 Å². The summed E-state index contributed by atoms with van der Waals surface area (Å²) < 4.78 is 16.3. The standard InChI is InChI=1S/C27H46N2O5S/c1-4-6-7-8-9-18-33-20-12-21-34-19-10-13-26(30)29-24-22-23(14-15-25(24)35-5-2)27(31)28-16-11-17-32-3/h14-15,22H,4-13,16-21H2,1-3H3,(H,28,31)(H,29,30). The van der Waals surface area contributed by atoms with Crippen LogP contribution in [-0.2, 0) is 19.0 Å². The molecule has 8 heteroatoms. The number of amides is 2. The first-order valence-electron chi connectivity index (χ1n) is 13.1. The highest BCUT2D eigenvalue weighted by molar-refractivity contribution is 7.99. The summed E-state index contributed by atoms with van der Waals surface area (Å²) in [4.78, 5) is 25.9. The summed E-state index contributed by atoms with van der Waals surface area (Å²) in [5.74, 6) is 0.649. The fourth-order valence-electron chi connectivity index (χ4n) is 3.39. The van der Waals surface area contributed by atoms with Crippen LogP contribution < -0.4 is 10.6 Å². The van der Waals surface area contributed by atoms with Crippen molar-refractivity contribution < 1.29 is 23.8 Å². The molecule has 0 atom stereocenters. The first kappa shape index (κ1) is 31.4. The van der Waals surface area contributed by atoms with E-state index in [0.29, 0.717) is 50.5 Å². The molecule has 0 saturated carbocycles. The van der Waals surface area contributed by atoms with Gasteiger partial charge in [-0.15, -0.1) is 11.8 Å². The van der Waals surface area contributed by atoms with E-state index in [-0.39, 0.29) is 11.8 Å². The van der Waals surface area contributed by atoms with E-state index in [1.807, 2.05) is 6.07 Å². The molecule has 1 aromatic rings. The van der Waals surface area contributed by atoms with Gasteiger partial charge in [-0.2, -0.15) is 0 Å². The molecule has 0 saturated heterocycles. The minimum Gasteiger partial charge on any atom is -0.385 e. The first-order chi connectivity index (χ1) is 17.1. The van der Waals surface area contributed by atoms with Crippen molar-refractivity contribution in [2.24, 2.45) is 0 Å². The van der Waals surface area contributed by atoms with Gasteiger partial charge in [0.2, 0.25) is 5.91 Å². The summed E-state index contributed by atoms with van der Waals surface area (Å²) >= 11 is 1.64. The molecular weight excluding hydrogens is 464 g/mol. The number of ether oxygens (including phenoxy) is 3. The highest BCUT2D eigenvalue weighted by atomic mass is 32.2. The van der Waals surface area contributed by atoms with Crippen molar-refractivity contribution >= 4 is 29.3 Å². The zero-order chi connectivity index (χ0) is 25.6. The van der Waals surface area contributed by atoms with E-state index in [4.69, 9.17) is 14.2 Å². The maximum Gasteiger partial charge on any atom is 0.251 e. The molecule has 35 heavy (non-hydrogen) atoms. The quantitative estimate of drug-likeness (QED) is 0.154. The van der Waals surface area contributed by atoms with Gasteiger partial charge in [0, 0.05) is 63.6 Å². The second-order valence-electron chi connectivity index (χ2n) is 8.39. The molecule has 0 aromatic heterocycles. The Hall–Kier alpha value is -1.61. The molecule has 2 N–H and O–H groups in total. The van der Waals surface area contributed by atoms with Gasteiger partial charge in [-0.05, 0) is 49.6 Å². The maximum absolute atomic E-state index is 12.5. The van der Waals surface area contributed by atoms with Crippen molar-refractivity contribution in [3.05, 3.63) is 23.8 Å². The molecule has 2 amide bonds. The Morgan fingerprint density at radius 3 is 2.29 bits per heavy atom. The van der Waals surface area contributed by atoms with Crippen molar-refractivity contribution in [2.45, 2.75) is 76.5 Å². The monoisotopic (exact) mass is 510 g/mol. The van der Waals surface area contributed by atoms with Crippen LogP contribution in [0.15, 0.2) is 23.1 Å². The predicted molar refractivity (Wildman–Crippen MR) is 145 cm³/mol. The van der Waals surface area contributed by atoms with Crippen LogP contribution in [0.3, 0.4) is 0 Å². The smallest absolute Gasteiger partial charge is 0.251 e. The zero-order valence-electron chi connectivity index (χ0n) is 22.0. The van der Waals surface area contributed by atoms with Crippen LogP contribution in [0.5, 0.6) is 0 Å². The third-order valence-corrected chi connectivity index (χ3v) is 6.24. The van der Waals surface area contributed by atoms with E-state index < -0.39 is 0 Å². The third kappa shape index (κ3) is 15.9. The lowest BCUT2D eigenvalue weighted by Gasteiger charge is -2.13. The molecule has 0 aliphatic rings. The van der Waals surface area contributed by atoms with Gasteiger partial charge in [-0.3, -0.25) is 9.59 Å². The van der Waals surface area contributed by atoms with Crippen LogP contribution in [0.1, 0.15) is 82.0 Å². The fourth-order valence-corrected chi connectivity index (χ4v) is 4.13. The highest BCUT2D eigenvalue weighted by Crippen LogP contribution is 2.28. The maximum atomic E-state index is 12.5. The van der Waals surface area contributed by atoms with Crippen LogP contribution in [0.25, 0.3) is 0 Å². The lowest BCUT2D eigenvalue weighted by molar-refractivity contribution is -0.116. The molecular formula is C27H46N2O5S. The van der Waals surface area contributed by atoms with Crippen molar-refractivity contribution in [3.8, 4) is 0 Å². The topological polar surface area (TPSA) is 85.9 Å². The number of hydrogen-bond acceptors (Lipinski definition) is 6. The lowest BCUT2D eigenvalue weighted by Crippen LogP contribution is -2.25. The molecule has 0 bridgehead atoms. The Bertz CT molecular complexity index is 702. The largest absolute Gasteiger partial charge is 0.385 e. The van der Waals surface area contributed by atoms with Crippen LogP contribution in [0.4, 0.5) is 5.69 Å². The third-order valence-electron chi connectivity index (χ3n) is 5.29. The summed E-state index contributed by atoms with van der Waals surface area (Å²) in [6, 6.07) is 5.44. The molecule has 0 fully saturated rings. The molecule has 0 radical (unpaired) electrons. The van der Waals surface area contributed by atoms with Gasteiger partial charge in [0.25, 0.3) is 5.91 Å². The molecule has 0 heterocycles. The fraction of sp³-hybridized carbons (Fsp3) is 0.704. The second-order valence-corrected chi connectivity index (χ2v) is 9.70. The number of rotatable bonds is 22. The number of thioether (sulfide) groups is 1. The van der Waals surface area contributed by atoms with Gasteiger partial charge in [-0.25, -0.2) is 0 Å². The number of anilines is 1. The lowest BCUT2D eigenvalue weighted by atomic mass is 10.1. The van der Waals surface area contributed by atoms with Crippen LogP contribution in [0.2, 0.25) is 0 Å². The van der Waals surface area contributed by atoms with Crippen molar-refractivity contribution in [3.63, 3.8) is 0 Å². The minimum absolute atomic E-state index is 0.0735. The molecule has 0 aliphatic heterocycles. The number of hydrogen-bond donors (Lipinski definition) is 2. The van der Waals surface area contributed by atoms with Gasteiger partial charge in [0.1, 0.15) is 0 Å². The van der Waals surface area contributed by atoms with Crippen molar-refractivity contribution in [1.82, 2.24) is 5.32 Å². The predicted octanol–water partition coefficient (Wildman–Crippen LogP) is 5.68. The Morgan fingerprint density at radius 2 is 1.57 bits per heavy atom. The van der Waals surface area contributed by atoms with Gasteiger partial charge in [-0.1, -0.05) is 39.5 Å². The number of carbonyl (C=O) groups is 2. The molecule has 1 rings (SSSR count). The van der Waals surface area contributed by atoms with E-state index in [1.165, 1.54) is 25.7 Å². The summed E-state index contributed by atoms with van der Waals surface area (Å²) in [5.41, 5.74) is 1.21. The van der Waals surface area contributed by atoms with Crippen LogP contribution in [-0.4, -0.2) is 64.3 Å². The SMILES string of the molecule is CCCCCCCOCCCOCCCC(=O)Nc1cc(C(=O)NCCCOC)ccc1SCC. The summed E-state index contributed by atoms with van der Waals surface area (Å²) in [5, 5.41) is 5.86. The molecule has 7 nitrogen and oxygen atoms in total. The van der Waals surface area contributed by atoms with Crippen LogP contribution in [0, 0.1) is 0 Å². The Balaban J connectivity index is 2.28. The Labute approximate surface area is 216 Å². The molecule has 200 valence electrons. The normalized spacial score (nSPS) is 10.9. The van der Waals surface area contributed by atoms with E-state index in [0.717, 1.165) is 43.1 Å². The van der Waals surface area contributed by atoms with Gasteiger partial charge < -0.3 is 24.8 Å². The molecule has 1 aromatic carbocycles. The summed E-state index contributed by atoms with van der Waals surface area (Å²) in [6.45, 7) is 8.18. The average Bonchev–Trinajstić information content (AvgIpc) is 2.85. The van der Waals surface area contributed by atoms with Crippen molar-refractivity contribution in [2.75, 3.05) is 57.8 Å². The first-order valence-corrected chi connectivity index (χ1v) is 14.1. The number of carbonyl (C=O) groups excluding carboxylic acids is 2. The van der Waals surface area contributed by atoms with Gasteiger partial charge in [0.15, 0.2) is 0 Å². The number of benzene rings is 1. The number of nitrogens with one attached hydrogen (secondary N) is 2. The zero-order valence-corrected chi connectivity index (χ0v) is 22.8. The van der Waals surface area contributed by atoms with E-state index in [9.17, 15) is 9.59 Å². The van der Waals surface area contributed by atoms with E-state index in [1.54, 1.807) is 31.0 Å². The highest BCUT2D eigenvalue weighted by Gasteiger charge is 2.12. The average molecular weight is 511 g/mol. The van der Waals surface area contributed by atoms with Gasteiger partial charge >= 0.3 is 0 Å². The Kier molecular flexibility index (Phi) is 19.4. The minimum atomic E-state index is -0.154. The summed E-state index contributed by atoms with van der Waals surface area (Å²) in [6.07, 6.45) is 8.91. The van der Waals surface area contributed by atoms with E-state index >= 15 is 0 Å². The molecule has 0 aliphatic carbocycles.